The highest BCUT2D eigenvalue weighted by Gasteiger charge is 2.30. The van der Waals surface area contributed by atoms with E-state index in [-0.39, 0.29) is 5.54 Å². The molecule has 0 saturated carbocycles. The zero-order valence-electron chi connectivity index (χ0n) is 13.7. The van der Waals surface area contributed by atoms with Crippen LogP contribution in [0.15, 0.2) is 24.3 Å². The van der Waals surface area contributed by atoms with Crippen LogP contribution in [0, 0.1) is 0 Å². The third kappa shape index (κ3) is 3.09. The van der Waals surface area contributed by atoms with E-state index >= 15 is 0 Å². The lowest BCUT2D eigenvalue weighted by atomic mass is 9.90. The van der Waals surface area contributed by atoms with E-state index in [1.54, 1.807) is 0 Å². The van der Waals surface area contributed by atoms with Gasteiger partial charge in [-0.25, -0.2) is 0 Å². The smallest absolute Gasteiger partial charge is 0.0407 e. The average molecular weight is 287 g/mol. The van der Waals surface area contributed by atoms with Gasteiger partial charge in [0.15, 0.2) is 0 Å². The van der Waals surface area contributed by atoms with E-state index < -0.39 is 0 Å². The molecule has 1 unspecified atom stereocenters. The Morgan fingerprint density at radius 2 is 1.90 bits per heavy atom. The Morgan fingerprint density at radius 1 is 1.14 bits per heavy atom. The highest BCUT2D eigenvalue weighted by Crippen LogP contribution is 2.32. The van der Waals surface area contributed by atoms with Gasteiger partial charge >= 0.3 is 0 Å². The van der Waals surface area contributed by atoms with Crippen molar-refractivity contribution in [3.63, 3.8) is 0 Å². The van der Waals surface area contributed by atoms with Gasteiger partial charge in [-0.2, -0.15) is 0 Å². The first kappa shape index (κ1) is 14.9. The number of hydrogen-bond donors (Lipinski definition) is 1. The van der Waals surface area contributed by atoms with Crippen LogP contribution in [-0.2, 0) is 5.54 Å². The summed E-state index contributed by atoms with van der Waals surface area (Å²) in [5.41, 5.74) is 3.02. The number of rotatable bonds is 3. The van der Waals surface area contributed by atoms with E-state index in [2.05, 4.69) is 60.2 Å². The van der Waals surface area contributed by atoms with Crippen molar-refractivity contribution in [1.29, 1.82) is 0 Å². The standard InChI is InChI=1S/C18H29N3/c1-15(2)20-10-12-21(13-11-20)17-7-4-6-16(14-17)18(3)8-5-9-19-18/h4,6-7,14-15,19H,5,8-13H2,1-3H3. The monoisotopic (exact) mass is 287 g/mol. The van der Waals surface area contributed by atoms with Gasteiger partial charge < -0.3 is 10.2 Å². The third-order valence-corrected chi connectivity index (χ3v) is 5.26. The van der Waals surface area contributed by atoms with Gasteiger partial charge in [-0.1, -0.05) is 12.1 Å². The fourth-order valence-corrected chi connectivity index (χ4v) is 3.68. The van der Waals surface area contributed by atoms with Gasteiger partial charge in [0.05, 0.1) is 0 Å². The first-order chi connectivity index (χ1) is 10.1. The zero-order valence-corrected chi connectivity index (χ0v) is 13.7. The fraction of sp³-hybridized carbons (Fsp3) is 0.667. The Kier molecular flexibility index (Phi) is 4.23. The summed E-state index contributed by atoms with van der Waals surface area (Å²) in [4.78, 5) is 5.11. The molecule has 0 aliphatic carbocycles. The van der Waals surface area contributed by atoms with E-state index in [1.807, 2.05) is 0 Å². The largest absolute Gasteiger partial charge is 0.369 e. The van der Waals surface area contributed by atoms with Crippen molar-refractivity contribution in [2.45, 2.75) is 45.2 Å². The second-order valence-electron chi connectivity index (χ2n) is 7.03. The molecule has 21 heavy (non-hydrogen) atoms. The SMILES string of the molecule is CC(C)N1CCN(c2cccc(C3(C)CCCN3)c2)CC1. The van der Waals surface area contributed by atoms with E-state index in [0.29, 0.717) is 6.04 Å². The summed E-state index contributed by atoms with van der Waals surface area (Å²) in [5.74, 6) is 0. The molecule has 2 heterocycles. The predicted molar refractivity (Wildman–Crippen MR) is 90.0 cm³/mol. The van der Waals surface area contributed by atoms with Crippen LogP contribution in [0.3, 0.4) is 0 Å². The van der Waals surface area contributed by atoms with Crippen LogP contribution in [0.25, 0.3) is 0 Å². The Labute approximate surface area is 129 Å². The number of hydrogen-bond acceptors (Lipinski definition) is 3. The maximum absolute atomic E-state index is 3.67. The second kappa shape index (κ2) is 5.98. The summed E-state index contributed by atoms with van der Waals surface area (Å²) in [6.45, 7) is 12.7. The number of benzene rings is 1. The average Bonchev–Trinajstić information content (AvgIpc) is 2.96. The van der Waals surface area contributed by atoms with Gasteiger partial charge in [0, 0.05) is 43.4 Å². The van der Waals surface area contributed by atoms with E-state index in [0.717, 1.165) is 19.6 Å². The van der Waals surface area contributed by atoms with Gasteiger partial charge in [0.2, 0.25) is 0 Å². The van der Waals surface area contributed by atoms with Gasteiger partial charge in [-0.3, -0.25) is 4.90 Å². The molecule has 0 radical (unpaired) electrons. The Morgan fingerprint density at radius 3 is 2.52 bits per heavy atom. The minimum absolute atomic E-state index is 0.176. The molecule has 3 rings (SSSR count). The molecule has 2 fully saturated rings. The molecule has 2 aliphatic rings. The summed E-state index contributed by atoms with van der Waals surface area (Å²) in [6, 6.07) is 9.85. The minimum atomic E-state index is 0.176. The Bertz CT molecular complexity index is 469. The van der Waals surface area contributed by atoms with Crippen molar-refractivity contribution in [3.8, 4) is 0 Å². The summed E-state index contributed by atoms with van der Waals surface area (Å²) in [5, 5.41) is 3.67. The molecule has 0 bridgehead atoms. The van der Waals surface area contributed by atoms with Gasteiger partial charge in [-0.15, -0.1) is 0 Å². The van der Waals surface area contributed by atoms with Crippen LogP contribution < -0.4 is 10.2 Å². The number of anilines is 1. The van der Waals surface area contributed by atoms with E-state index in [9.17, 15) is 0 Å². The molecule has 2 aliphatic heterocycles. The number of nitrogens with zero attached hydrogens (tertiary/aromatic N) is 2. The molecule has 116 valence electrons. The first-order valence-corrected chi connectivity index (χ1v) is 8.43. The third-order valence-electron chi connectivity index (χ3n) is 5.26. The lowest BCUT2D eigenvalue weighted by Crippen LogP contribution is -2.49. The Balaban J connectivity index is 1.72. The molecule has 1 aromatic carbocycles. The maximum Gasteiger partial charge on any atom is 0.0407 e. The van der Waals surface area contributed by atoms with Gasteiger partial charge in [0.25, 0.3) is 0 Å². The van der Waals surface area contributed by atoms with Crippen LogP contribution in [0.2, 0.25) is 0 Å². The number of nitrogens with one attached hydrogen (secondary N) is 1. The molecule has 0 spiro atoms. The molecule has 3 nitrogen and oxygen atoms in total. The van der Waals surface area contributed by atoms with Gasteiger partial charge in [0.1, 0.15) is 0 Å². The predicted octanol–water partition coefficient (Wildman–Crippen LogP) is 2.82. The number of piperazine rings is 1. The van der Waals surface area contributed by atoms with Crippen LogP contribution >= 0.6 is 0 Å². The second-order valence-corrected chi connectivity index (χ2v) is 7.03. The molecule has 1 N–H and O–H groups in total. The topological polar surface area (TPSA) is 18.5 Å². The lowest BCUT2D eigenvalue weighted by Gasteiger charge is -2.38. The van der Waals surface area contributed by atoms with Crippen molar-refractivity contribution < 1.29 is 0 Å². The molecule has 1 atom stereocenters. The van der Waals surface area contributed by atoms with Crippen molar-refractivity contribution in [2.75, 3.05) is 37.6 Å². The quantitative estimate of drug-likeness (QED) is 0.922. The van der Waals surface area contributed by atoms with Crippen LogP contribution in [0.5, 0.6) is 0 Å². The summed E-state index contributed by atoms with van der Waals surface area (Å²) in [7, 11) is 0. The van der Waals surface area contributed by atoms with E-state index in [4.69, 9.17) is 0 Å². The molecule has 0 amide bonds. The van der Waals surface area contributed by atoms with Crippen molar-refractivity contribution >= 4 is 5.69 Å². The van der Waals surface area contributed by atoms with Crippen LogP contribution in [-0.4, -0.2) is 43.7 Å². The van der Waals surface area contributed by atoms with Crippen molar-refractivity contribution in [3.05, 3.63) is 29.8 Å². The highest BCUT2D eigenvalue weighted by molar-refractivity contribution is 5.50. The van der Waals surface area contributed by atoms with Crippen LogP contribution in [0.4, 0.5) is 5.69 Å². The molecular weight excluding hydrogens is 258 g/mol. The lowest BCUT2D eigenvalue weighted by molar-refractivity contribution is 0.209. The maximum atomic E-state index is 3.67. The highest BCUT2D eigenvalue weighted by atomic mass is 15.3. The molecule has 2 saturated heterocycles. The summed E-state index contributed by atoms with van der Waals surface area (Å²) >= 11 is 0. The minimum Gasteiger partial charge on any atom is -0.369 e. The fourth-order valence-electron chi connectivity index (χ4n) is 3.68. The van der Waals surface area contributed by atoms with Crippen molar-refractivity contribution in [2.24, 2.45) is 0 Å². The van der Waals surface area contributed by atoms with Gasteiger partial charge in [-0.05, 0) is 57.9 Å². The normalized spacial score (nSPS) is 27.5. The zero-order chi connectivity index (χ0) is 14.9. The van der Waals surface area contributed by atoms with E-state index in [1.165, 1.54) is 37.2 Å². The van der Waals surface area contributed by atoms with Crippen LogP contribution in [0.1, 0.15) is 39.2 Å². The molecular formula is C18H29N3. The molecule has 3 heteroatoms. The first-order valence-electron chi connectivity index (χ1n) is 8.43. The summed E-state index contributed by atoms with van der Waals surface area (Å²) < 4.78 is 0. The Hall–Kier alpha value is -1.06. The summed E-state index contributed by atoms with van der Waals surface area (Å²) in [6.07, 6.45) is 2.53. The molecule has 0 aromatic heterocycles. The molecule has 1 aromatic rings. The van der Waals surface area contributed by atoms with Crippen molar-refractivity contribution in [1.82, 2.24) is 10.2 Å².